The van der Waals surface area contributed by atoms with E-state index in [4.69, 9.17) is 9.26 Å². The number of ether oxygens (including phenoxy) is 1. The number of aromatic nitrogens is 3. The molecule has 2 heterocycles. The lowest BCUT2D eigenvalue weighted by Gasteiger charge is -2.19. The minimum Gasteiger partial charge on any atom is -0.444 e. The number of benzene rings is 1. The molecule has 8 heteroatoms. The van der Waals surface area contributed by atoms with Gasteiger partial charge in [0.2, 0.25) is 5.89 Å². The molecule has 0 bridgehead atoms. The van der Waals surface area contributed by atoms with Crippen molar-refractivity contribution in [2.45, 2.75) is 52.1 Å². The predicted molar refractivity (Wildman–Crippen MR) is 112 cm³/mol. The number of carbonyl (C=O) groups excluding carboxylic acids is 1. The molecule has 3 rings (SSSR count). The van der Waals surface area contributed by atoms with E-state index in [-0.39, 0.29) is 6.09 Å². The number of aromatic amines is 1. The summed E-state index contributed by atoms with van der Waals surface area (Å²) in [5, 5.41) is 11.1. The number of fused-ring (bicyclic) bond motifs is 1. The van der Waals surface area contributed by atoms with E-state index < -0.39 is 5.60 Å². The zero-order chi connectivity index (χ0) is 20.7. The standard InChI is InChI=1S/C21H29N5O3/c1-21(2,3)28-20(27)23-12-8-4-7-11-22-19-25-18(29-26-19)13-15-14-24-17-10-6-5-9-16(15)17/h5-6,9-10,14,24H,4,7-8,11-13H2,1-3H3,(H,22,26)(H,23,27). The van der Waals surface area contributed by atoms with E-state index in [9.17, 15) is 4.79 Å². The largest absolute Gasteiger partial charge is 0.444 e. The van der Waals surface area contributed by atoms with E-state index in [1.165, 1.54) is 5.39 Å². The van der Waals surface area contributed by atoms with E-state index >= 15 is 0 Å². The fourth-order valence-electron chi connectivity index (χ4n) is 2.97. The Hall–Kier alpha value is -3.03. The summed E-state index contributed by atoms with van der Waals surface area (Å²) in [6, 6.07) is 8.14. The van der Waals surface area contributed by atoms with Gasteiger partial charge in [-0.15, -0.1) is 0 Å². The van der Waals surface area contributed by atoms with Crippen LogP contribution in [0, 0.1) is 0 Å². The molecule has 0 aliphatic heterocycles. The van der Waals surface area contributed by atoms with Crippen molar-refractivity contribution in [2.24, 2.45) is 0 Å². The van der Waals surface area contributed by atoms with Crippen LogP contribution in [0.15, 0.2) is 35.0 Å². The number of amides is 1. The van der Waals surface area contributed by atoms with Crippen molar-refractivity contribution < 1.29 is 14.1 Å². The molecule has 0 radical (unpaired) electrons. The van der Waals surface area contributed by atoms with Gasteiger partial charge in [-0.25, -0.2) is 4.79 Å². The van der Waals surface area contributed by atoms with Crippen molar-refractivity contribution in [1.82, 2.24) is 20.4 Å². The lowest BCUT2D eigenvalue weighted by Crippen LogP contribution is -2.33. The molecule has 0 fully saturated rings. The second-order valence-corrected chi connectivity index (χ2v) is 7.96. The van der Waals surface area contributed by atoms with E-state index in [0.717, 1.165) is 36.9 Å². The number of nitrogens with zero attached hydrogens (tertiary/aromatic N) is 2. The summed E-state index contributed by atoms with van der Waals surface area (Å²) in [6.07, 6.45) is 5.01. The van der Waals surface area contributed by atoms with Gasteiger partial charge in [0.05, 0.1) is 6.42 Å². The van der Waals surface area contributed by atoms with Gasteiger partial charge < -0.3 is 24.9 Å². The van der Waals surface area contributed by atoms with Crippen LogP contribution in [0.2, 0.25) is 0 Å². The number of hydrogen-bond donors (Lipinski definition) is 3. The molecule has 0 atom stereocenters. The van der Waals surface area contributed by atoms with E-state index in [1.807, 2.05) is 45.2 Å². The van der Waals surface area contributed by atoms with Gasteiger partial charge in [0.15, 0.2) is 0 Å². The van der Waals surface area contributed by atoms with Crippen molar-refractivity contribution in [1.29, 1.82) is 0 Å². The highest BCUT2D eigenvalue weighted by Gasteiger charge is 2.15. The molecule has 156 valence electrons. The van der Waals surface area contributed by atoms with E-state index in [0.29, 0.717) is 24.8 Å². The normalized spacial score (nSPS) is 11.6. The molecule has 1 amide bonds. The SMILES string of the molecule is CC(C)(C)OC(=O)NCCCCCNc1noc(Cc2c[nH]c3ccccc23)n1. The van der Waals surface area contributed by atoms with E-state index in [1.54, 1.807) is 0 Å². The Kier molecular flexibility index (Phi) is 6.74. The number of H-pyrrole nitrogens is 1. The maximum Gasteiger partial charge on any atom is 0.407 e. The number of unbranched alkanes of at least 4 members (excludes halogenated alkanes) is 2. The van der Waals surface area contributed by atoms with Crippen LogP contribution < -0.4 is 10.6 Å². The zero-order valence-electron chi connectivity index (χ0n) is 17.2. The molecule has 0 saturated carbocycles. The number of carbonyl (C=O) groups is 1. The van der Waals surface area contributed by atoms with Gasteiger partial charge in [-0.3, -0.25) is 0 Å². The monoisotopic (exact) mass is 399 g/mol. The smallest absolute Gasteiger partial charge is 0.407 e. The number of alkyl carbamates (subject to hydrolysis) is 1. The summed E-state index contributed by atoms with van der Waals surface area (Å²) in [5.41, 5.74) is 1.76. The second-order valence-electron chi connectivity index (χ2n) is 7.96. The number of anilines is 1. The topological polar surface area (TPSA) is 105 Å². The quantitative estimate of drug-likeness (QED) is 0.465. The highest BCUT2D eigenvalue weighted by atomic mass is 16.6. The van der Waals surface area contributed by atoms with Gasteiger partial charge in [-0.1, -0.05) is 18.2 Å². The summed E-state index contributed by atoms with van der Waals surface area (Å²) in [6.45, 7) is 6.90. The first kappa shape index (κ1) is 20.7. The van der Waals surface area contributed by atoms with Gasteiger partial charge in [-0.05, 0) is 56.8 Å². The number of nitrogens with one attached hydrogen (secondary N) is 3. The van der Waals surface area contributed by atoms with Gasteiger partial charge in [0, 0.05) is 30.2 Å². The predicted octanol–water partition coefficient (Wildman–Crippen LogP) is 4.25. The van der Waals surface area contributed by atoms with Crippen molar-refractivity contribution in [3.8, 4) is 0 Å². The number of para-hydroxylation sites is 1. The maximum absolute atomic E-state index is 11.5. The van der Waals surface area contributed by atoms with Gasteiger partial charge in [-0.2, -0.15) is 4.98 Å². The van der Waals surface area contributed by atoms with Crippen LogP contribution in [0.3, 0.4) is 0 Å². The lowest BCUT2D eigenvalue weighted by molar-refractivity contribution is 0.0527. The van der Waals surface area contributed by atoms with Crippen LogP contribution in [0.5, 0.6) is 0 Å². The fourth-order valence-corrected chi connectivity index (χ4v) is 2.97. The molecule has 0 unspecified atom stereocenters. The van der Waals surface area contributed by atoms with Crippen molar-refractivity contribution in [3.05, 3.63) is 41.9 Å². The van der Waals surface area contributed by atoms with Crippen molar-refractivity contribution in [3.63, 3.8) is 0 Å². The number of hydrogen-bond acceptors (Lipinski definition) is 6. The van der Waals surface area contributed by atoms with Crippen molar-refractivity contribution in [2.75, 3.05) is 18.4 Å². The molecule has 0 saturated heterocycles. The summed E-state index contributed by atoms with van der Waals surface area (Å²) in [5.74, 6) is 1.09. The first-order valence-corrected chi connectivity index (χ1v) is 9.99. The Labute approximate surface area is 170 Å². The molecule has 29 heavy (non-hydrogen) atoms. The Morgan fingerprint density at radius 2 is 1.97 bits per heavy atom. The number of rotatable bonds is 9. The fraction of sp³-hybridized carbons (Fsp3) is 0.476. The minimum atomic E-state index is -0.467. The maximum atomic E-state index is 11.5. The summed E-state index contributed by atoms with van der Waals surface area (Å²) >= 11 is 0. The summed E-state index contributed by atoms with van der Waals surface area (Å²) < 4.78 is 10.5. The molecule has 0 aliphatic carbocycles. The molecule has 0 spiro atoms. The highest BCUT2D eigenvalue weighted by Crippen LogP contribution is 2.20. The molecular formula is C21H29N5O3. The molecular weight excluding hydrogens is 370 g/mol. The Balaban J connectivity index is 1.32. The third-order valence-corrected chi connectivity index (χ3v) is 4.29. The Morgan fingerprint density at radius 3 is 2.79 bits per heavy atom. The van der Waals surface area contributed by atoms with Gasteiger partial charge >= 0.3 is 6.09 Å². The molecule has 2 aromatic heterocycles. The third-order valence-electron chi connectivity index (χ3n) is 4.29. The van der Waals surface area contributed by atoms with Crippen LogP contribution in [-0.2, 0) is 11.2 Å². The Bertz CT molecular complexity index is 926. The second kappa shape index (κ2) is 9.45. The lowest BCUT2D eigenvalue weighted by atomic mass is 10.1. The molecule has 0 aliphatic rings. The van der Waals surface area contributed by atoms with Gasteiger partial charge in [0.1, 0.15) is 5.60 Å². The molecule has 3 aromatic rings. The van der Waals surface area contributed by atoms with Crippen LogP contribution in [-0.4, -0.2) is 39.9 Å². The molecule has 1 aromatic carbocycles. The summed E-state index contributed by atoms with van der Waals surface area (Å²) in [4.78, 5) is 19.2. The summed E-state index contributed by atoms with van der Waals surface area (Å²) in [7, 11) is 0. The first-order chi connectivity index (χ1) is 13.9. The average molecular weight is 399 g/mol. The average Bonchev–Trinajstić information content (AvgIpc) is 3.27. The van der Waals surface area contributed by atoms with E-state index in [2.05, 4.69) is 31.8 Å². The Morgan fingerprint density at radius 1 is 1.17 bits per heavy atom. The van der Waals surface area contributed by atoms with Crippen LogP contribution >= 0.6 is 0 Å². The molecule has 8 nitrogen and oxygen atoms in total. The van der Waals surface area contributed by atoms with Gasteiger partial charge in [0.25, 0.3) is 5.95 Å². The van der Waals surface area contributed by atoms with Crippen molar-refractivity contribution >= 4 is 22.9 Å². The highest BCUT2D eigenvalue weighted by molar-refractivity contribution is 5.83. The zero-order valence-corrected chi connectivity index (χ0v) is 17.2. The third kappa shape index (κ3) is 6.51. The first-order valence-electron chi connectivity index (χ1n) is 9.99. The van der Waals surface area contributed by atoms with Crippen LogP contribution in [0.1, 0.15) is 51.5 Å². The van der Waals surface area contributed by atoms with Crippen LogP contribution in [0.4, 0.5) is 10.7 Å². The molecule has 3 N–H and O–H groups in total. The van der Waals surface area contributed by atoms with Crippen LogP contribution in [0.25, 0.3) is 10.9 Å². The minimum absolute atomic E-state index is 0.370.